The SMILES string of the molecule is Cc1cccc2c(-c3ccc(C(F)(F)F)cc3O)nnc(N3CC(C)O[C@@H](C)C3)c12. The van der Waals surface area contributed by atoms with Crippen molar-refractivity contribution in [2.75, 3.05) is 18.0 Å². The van der Waals surface area contributed by atoms with Gasteiger partial charge in [-0.15, -0.1) is 10.2 Å². The van der Waals surface area contributed by atoms with Gasteiger partial charge in [-0.3, -0.25) is 0 Å². The van der Waals surface area contributed by atoms with E-state index in [9.17, 15) is 18.3 Å². The van der Waals surface area contributed by atoms with Gasteiger partial charge in [-0.2, -0.15) is 13.2 Å². The predicted molar refractivity (Wildman–Crippen MR) is 109 cm³/mol. The zero-order valence-electron chi connectivity index (χ0n) is 16.9. The van der Waals surface area contributed by atoms with Gasteiger partial charge in [0.25, 0.3) is 0 Å². The van der Waals surface area contributed by atoms with Crippen molar-refractivity contribution in [1.82, 2.24) is 10.2 Å². The van der Waals surface area contributed by atoms with Crippen molar-refractivity contribution in [2.24, 2.45) is 0 Å². The molecule has 0 amide bonds. The number of alkyl halides is 3. The Morgan fingerprint density at radius 2 is 1.77 bits per heavy atom. The van der Waals surface area contributed by atoms with Crippen LogP contribution in [0.5, 0.6) is 5.75 Å². The molecular formula is C22H22F3N3O2. The summed E-state index contributed by atoms with van der Waals surface area (Å²) in [4.78, 5) is 2.12. The van der Waals surface area contributed by atoms with Gasteiger partial charge < -0.3 is 14.7 Å². The van der Waals surface area contributed by atoms with E-state index in [1.165, 1.54) is 6.07 Å². The zero-order valence-corrected chi connectivity index (χ0v) is 16.9. The van der Waals surface area contributed by atoms with Gasteiger partial charge in [0.15, 0.2) is 5.82 Å². The van der Waals surface area contributed by atoms with E-state index >= 15 is 0 Å². The highest BCUT2D eigenvalue weighted by atomic mass is 19.4. The molecule has 8 heteroatoms. The first-order valence-corrected chi connectivity index (χ1v) is 9.72. The molecule has 4 rings (SSSR count). The van der Waals surface area contributed by atoms with Gasteiger partial charge in [-0.05, 0) is 44.5 Å². The van der Waals surface area contributed by atoms with Crippen molar-refractivity contribution in [1.29, 1.82) is 0 Å². The maximum absolute atomic E-state index is 13.0. The third-order valence-electron chi connectivity index (χ3n) is 5.30. The minimum absolute atomic E-state index is 0.0354. The second-order valence-corrected chi connectivity index (χ2v) is 7.76. The first kappa shape index (κ1) is 20.4. The van der Waals surface area contributed by atoms with E-state index in [1.807, 2.05) is 39.0 Å². The molecule has 1 aliphatic rings. The summed E-state index contributed by atoms with van der Waals surface area (Å²) in [7, 11) is 0. The highest BCUT2D eigenvalue weighted by Gasteiger charge is 2.32. The largest absolute Gasteiger partial charge is 0.507 e. The number of ether oxygens (including phenoxy) is 1. The lowest BCUT2D eigenvalue weighted by molar-refractivity contribution is -0.137. The van der Waals surface area contributed by atoms with Gasteiger partial charge in [0, 0.05) is 29.4 Å². The molecule has 1 aliphatic heterocycles. The summed E-state index contributed by atoms with van der Waals surface area (Å²) in [5.41, 5.74) is 0.612. The quantitative estimate of drug-likeness (QED) is 0.640. The monoisotopic (exact) mass is 417 g/mol. The van der Waals surface area contributed by atoms with Gasteiger partial charge in [0.1, 0.15) is 11.4 Å². The Bertz CT molecular complexity index is 1090. The number of aromatic hydroxyl groups is 1. The summed E-state index contributed by atoms with van der Waals surface area (Å²) in [6.07, 6.45) is -4.46. The van der Waals surface area contributed by atoms with Crippen LogP contribution in [-0.2, 0) is 10.9 Å². The van der Waals surface area contributed by atoms with E-state index in [1.54, 1.807) is 0 Å². The Balaban J connectivity index is 1.87. The lowest BCUT2D eigenvalue weighted by Crippen LogP contribution is -2.46. The molecule has 1 unspecified atom stereocenters. The normalized spacial score (nSPS) is 20.0. The highest BCUT2D eigenvalue weighted by Crippen LogP contribution is 2.40. The number of halogens is 3. The van der Waals surface area contributed by atoms with Crippen LogP contribution < -0.4 is 4.90 Å². The number of hydrogen-bond acceptors (Lipinski definition) is 5. The molecule has 1 aromatic heterocycles. The standard InChI is InChI=1S/C22H22F3N3O2/c1-12-5-4-6-17-19(12)21(28-10-13(2)30-14(3)11-28)27-26-20(17)16-8-7-15(9-18(16)29)22(23,24)25/h4-9,13-14,29H,10-11H2,1-3H3/t13-,14?/m0/s1. The van der Waals surface area contributed by atoms with Crippen LogP contribution in [0, 0.1) is 6.92 Å². The molecule has 1 fully saturated rings. The smallest absolute Gasteiger partial charge is 0.416 e. The van der Waals surface area contributed by atoms with Crippen LogP contribution in [0.3, 0.4) is 0 Å². The molecule has 0 spiro atoms. The molecule has 0 aliphatic carbocycles. The number of anilines is 1. The Hall–Kier alpha value is -2.87. The van der Waals surface area contributed by atoms with E-state index < -0.39 is 17.5 Å². The van der Waals surface area contributed by atoms with Crippen molar-refractivity contribution in [3.63, 3.8) is 0 Å². The first-order valence-electron chi connectivity index (χ1n) is 9.72. The van der Waals surface area contributed by atoms with Crippen molar-refractivity contribution in [2.45, 2.75) is 39.2 Å². The lowest BCUT2D eigenvalue weighted by Gasteiger charge is -2.36. The number of phenols is 1. The molecule has 0 radical (unpaired) electrons. The Labute approximate surface area is 172 Å². The van der Waals surface area contributed by atoms with Gasteiger partial charge in [0.05, 0.1) is 17.8 Å². The van der Waals surface area contributed by atoms with Crippen LogP contribution in [0.4, 0.5) is 19.0 Å². The topological polar surface area (TPSA) is 58.5 Å². The third-order valence-corrected chi connectivity index (χ3v) is 5.30. The first-order chi connectivity index (χ1) is 14.1. The number of hydrogen-bond donors (Lipinski definition) is 1. The summed E-state index contributed by atoms with van der Waals surface area (Å²) in [5.74, 6) is 0.226. The second kappa shape index (κ2) is 7.43. The number of nitrogens with zero attached hydrogens (tertiary/aromatic N) is 3. The molecule has 0 bridgehead atoms. The molecule has 1 N–H and O–H groups in total. The molecule has 3 aromatic rings. The van der Waals surface area contributed by atoms with Gasteiger partial charge in [0.2, 0.25) is 0 Å². The zero-order chi connectivity index (χ0) is 21.6. The van der Waals surface area contributed by atoms with Gasteiger partial charge >= 0.3 is 6.18 Å². The number of aryl methyl sites for hydroxylation is 1. The molecule has 158 valence electrons. The van der Waals surface area contributed by atoms with Crippen LogP contribution in [0.25, 0.3) is 22.0 Å². The Morgan fingerprint density at radius 3 is 2.40 bits per heavy atom. The molecule has 2 atom stereocenters. The summed E-state index contributed by atoms with van der Waals surface area (Å²) in [6.45, 7) is 7.28. The Morgan fingerprint density at radius 1 is 1.07 bits per heavy atom. The number of morpholine rings is 1. The second-order valence-electron chi connectivity index (χ2n) is 7.76. The number of aromatic nitrogens is 2. The maximum Gasteiger partial charge on any atom is 0.416 e. The number of fused-ring (bicyclic) bond motifs is 1. The number of benzene rings is 2. The number of rotatable bonds is 2. The van der Waals surface area contributed by atoms with Crippen LogP contribution in [0.2, 0.25) is 0 Å². The predicted octanol–water partition coefficient (Wildman–Crippen LogP) is 4.94. The highest BCUT2D eigenvalue weighted by molar-refractivity contribution is 6.03. The van der Waals surface area contributed by atoms with Crippen LogP contribution in [0.15, 0.2) is 36.4 Å². The molecule has 30 heavy (non-hydrogen) atoms. The molecule has 0 saturated carbocycles. The van der Waals surface area contributed by atoms with E-state index in [-0.39, 0.29) is 17.8 Å². The molecule has 2 heterocycles. The van der Waals surface area contributed by atoms with E-state index in [0.29, 0.717) is 24.6 Å². The van der Waals surface area contributed by atoms with Crippen molar-refractivity contribution in [3.05, 3.63) is 47.5 Å². The Kier molecular flexibility index (Phi) is 5.05. The maximum atomic E-state index is 13.0. The average Bonchev–Trinajstić information content (AvgIpc) is 2.66. The van der Waals surface area contributed by atoms with Crippen LogP contribution in [-0.4, -0.2) is 40.6 Å². The minimum Gasteiger partial charge on any atom is -0.507 e. The minimum atomic E-state index is -4.53. The molecule has 2 aromatic carbocycles. The molecule has 5 nitrogen and oxygen atoms in total. The summed E-state index contributed by atoms with van der Waals surface area (Å²) < 4.78 is 44.7. The van der Waals surface area contributed by atoms with Gasteiger partial charge in [-0.25, -0.2) is 0 Å². The van der Waals surface area contributed by atoms with E-state index in [4.69, 9.17) is 4.74 Å². The third kappa shape index (κ3) is 3.67. The van der Waals surface area contributed by atoms with Gasteiger partial charge in [-0.1, -0.05) is 18.2 Å². The van der Waals surface area contributed by atoms with E-state index in [2.05, 4.69) is 15.1 Å². The van der Waals surface area contributed by atoms with Crippen LogP contribution in [0.1, 0.15) is 25.0 Å². The van der Waals surface area contributed by atoms with Crippen LogP contribution >= 0.6 is 0 Å². The fraction of sp³-hybridized carbons (Fsp3) is 0.364. The molecular weight excluding hydrogens is 395 g/mol. The number of phenolic OH excluding ortho intramolecular Hbond substituents is 1. The summed E-state index contributed by atoms with van der Waals surface area (Å²) in [6, 6.07) is 8.56. The fourth-order valence-corrected chi connectivity index (χ4v) is 4.04. The van der Waals surface area contributed by atoms with Crippen molar-refractivity contribution < 1.29 is 23.0 Å². The van der Waals surface area contributed by atoms with Crippen molar-refractivity contribution >= 4 is 16.6 Å². The van der Waals surface area contributed by atoms with Crippen molar-refractivity contribution in [3.8, 4) is 17.0 Å². The lowest BCUT2D eigenvalue weighted by atomic mass is 9.99. The average molecular weight is 417 g/mol. The van der Waals surface area contributed by atoms with E-state index in [0.717, 1.165) is 28.5 Å². The summed E-state index contributed by atoms with van der Waals surface area (Å²) >= 11 is 0. The molecule has 1 saturated heterocycles. The summed E-state index contributed by atoms with van der Waals surface area (Å²) in [5, 5.41) is 20.7. The fourth-order valence-electron chi connectivity index (χ4n) is 4.04.